The maximum atomic E-state index is 12.4. The van der Waals surface area contributed by atoms with Gasteiger partial charge >= 0.3 is 0 Å². The zero-order chi connectivity index (χ0) is 19.3. The average Bonchev–Trinajstić information content (AvgIpc) is 2.75. The first-order valence-corrected chi connectivity index (χ1v) is 9.76. The first kappa shape index (κ1) is 18.2. The Labute approximate surface area is 165 Å². The lowest BCUT2D eigenvalue weighted by Crippen LogP contribution is -2.30. The van der Waals surface area contributed by atoms with Crippen LogP contribution in [0.25, 0.3) is 11.3 Å². The molecule has 5 nitrogen and oxygen atoms in total. The number of amides is 1. The number of benzene rings is 2. The van der Waals surface area contributed by atoms with E-state index in [1.165, 1.54) is 19.3 Å². The molecule has 2 heterocycles. The number of anilines is 2. The van der Waals surface area contributed by atoms with Crippen LogP contribution in [0.3, 0.4) is 0 Å². The van der Waals surface area contributed by atoms with Gasteiger partial charge in [0.1, 0.15) is 0 Å². The highest BCUT2D eigenvalue weighted by Gasteiger charge is 2.13. The van der Waals surface area contributed by atoms with Crippen molar-refractivity contribution in [2.75, 3.05) is 23.3 Å². The molecule has 1 aliphatic heterocycles. The van der Waals surface area contributed by atoms with E-state index >= 15 is 0 Å². The number of carbonyl (C=O) groups is 1. The number of piperidine rings is 1. The van der Waals surface area contributed by atoms with E-state index in [2.05, 4.69) is 20.4 Å². The highest BCUT2D eigenvalue weighted by atomic mass is 16.1. The number of nitrogens with zero attached hydrogens (tertiary/aromatic N) is 3. The third-order valence-electron chi connectivity index (χ3n) is 5.06. The van der Waals surface area contributed by atoms with Crippen LogP contribution in [0, 0.1) is 6.92 Å². The van der Waals surface area contributed by atoms with Gasteiger partial charge in [-0.05, 0) is 62.6 Å². The van der Waals surface area contributed by atoms with Gasteiger partial charge in [-0.3, -0.25) is 4.79 Å². The normalized spacial score (nSPS) is 14.0. The molecule has 2 aromatic carbocycles. The molecule has 0 spiro atoms. The number of rotatable bonds is 4. The molecule has 1 aromatic heterocycles. The average molecular weight is 372 g/mol. The molecule has 1 N–H and O–H groups in total. The van der Waals surface area contributed by atoms with Crippen LogP contribution < -0.4 is 10.2 Å². The second kappa shape index (κ2) is 8.21. The van der Waals surface area contributed by atoms with Crippen LogP contribution in [0.4, 0.5) is 11.5 Å². The third-order valence-corrected chi connectivity index (χ3v) is 5.06. The first-order chi connectivity index (χ1) is 13.7. The molecule has 0 unspecified atom stereocenters. The van der Waals surface area contributed by atoms with Crippen molar-refractivity contribution in [2.45, 2.75) is 26.2 Å². The molecule has 1 saturated heterocycles. The summed E-state index contributed by atoms with van der Waals surface area (Å²) >= 11 is 0. The van der Waals surface area contributed by atoms with Gasteiger partial charge in [0.2, 0.25) is 0 Å². The summed E-state index contributed by atoms with van der Waals surface area (Å²) in [6, 6.07) is 19.3. The molecule has 142 valence electrons. The van der Waals surface area contributed by atoms with Crippen molar-refractivity contribution in [1.82, 2.24) is 10.2 Å². The minimum Gasteiger partial charge on any atom is -0.355 e. The number of carbonyl (C=O) groups excluding carboxylic acids is 1. The quantitative estimate of drug-likeness (QED) is 0.721. The Morgan fingerprint density at radius 2 is 1.71 bits per heavy atom. The van der Waals surface area contributed by atoms with Crippen molar-refractivity contribution in [1.29, 1.82) is 0 Å². The van der Waals surface area contributed by atoms with E-state index < -0.39 is 0 Å². The van der Waals surface area contributed by atoms with Crippen LogP contribution in [0.1, 0.15) is 35.2 Å². The van der Waals surface area contributed by atoms with Crippen LogP contribution in [-0.2, 0) is 0 Å². The lowest BCUT2D eigenvalue weighted by atomic mass is 10.1. The second-order valence-electron chi connectivity index (χ2n) is 7.23. The van der Waals surface area contributed by atoms with Gasteiger partial charge in [0.05, 0.1) is 5.69 Å². The standard InChI is InChI=1S/C23H24N4O/c1-17-8-10-18(11-9-17)23(28)24-20-7-5-6-19(16-20)21-12-13-22(26-25-21)27-14-3-2-4-15-27/h5-13,16H,2-4,14-15H2,1H3,(H,24,28). The first-order valence-electron chi connectivity index (χ1n) is 9.76. The summed E-state index contributed by atoms with van der Waals surface area (Å²) < 4.78 is 0. The maximum absolute atomic E-state index is 12.4. The van der Waals surface area contributed by atoms with E-state index in [1.807, 2.05) is 67.6 Å². The minimum atomic E-state index is -0.122. The van der Waals surface area contributed by atoms with Crippen molar-refractivity contribution in [3.05, 3.63) is 71.8 Å². The number of hydrogen-bond donors (Lipinski definition) is 1. The molecule has 0 radical (unpaired) electrons. The lowest BCUT2D eigenvalue weighted by Gasteiger charge is -2.27. The Balaban J connectivity index is 1.48. The van der Waals surface area contributed by atoms with Crippen molar-refractivity contribution in [3.63, 3.8) is 0 Å². The number of nitrogens with one attached hydrogen (secondary N) is 1. The largest absolute Gasteiger partial charge is 0.355 e. The van der Waals surface area contributed by atoms with E-state index in [-0.39, 0.29) is 5.91 Å². The van der Waals surface area contributed by atoms with Gasteiger partial charge in [-0.1, -0.05) is 29.8 Å². The van der Waals surface area contributed by atoms with Gasteiger partial charge in [-0.2, -0.15) is 0 Å². The Morgan fingerprint density at radius 1 is 0.929 bits per heavy atom. The van der Waals surface area contributed by atoms with Crippen LogP contribution in [0.2, 0.25) is 0 Å². The molecular weight excluding hydrogens is 348 g/mol. The van der Waals surface area contributed by atoms with E-state index in [9.17, 15) is 4.79 Å². The molecule has 0 atom stereocenters. The Morgan fingerprint density at radius 3 is 2.43 bits per heavy atom. The van der Waals surface area contributed by atoms with Gasteiger partial charge in [0.25, 0.3) is 5.91 Å². The number of aryl methyl sites for hydroxylation is 1. The van der Waals surface area contributed by atoms with Crippen LogP contribution in [0.5, 0.6) is 0 Å². The highest BCUT2D eigenvalue weighted by Crippen LogP contribution is 2.23. The molecule has 1 fully saturated rings. The Hall–Kier alpha value is -3.21. The van der Waals surface area contributed by atoms with E-state index in [1.54, 1.807) is 0 Å². The number of aromatic nitrogens is 2. The highest BCUT2D eigenvalue weighted by molar-refractivity contribution is 6.04. The second-order valence-corrected chi connectivity index (χ2v) is 7.23. The predicted octanol–water partition coefficient (Wildman–Crippen LogP) is 4.69. The van der Waals surface area contributed by atoms with Crippen molar-refractivity contribution >= 4 is 17.4 Å². The zero-order valence-corrected chi connectivity index (χ0v) is 16.1. The molecular formula is C23H24N4O. The van der Waals surface area contributed by atoms with Crippen LogP contribution in [0.15, 0.2) is 60.7 Å². The van der Waals surface area contributed by atoms with Gasteiger partial charge in [-0.25, -0.2) is 0 Å². The molecule has 5 heteroatoms. The summed E-state index contributed by atoms with van der Waals surface area (Å²) in [6.45, 7) is 4.10. The molecule has 0 aliphatic carbocycles. The van der Waals surface area contributed by atoms with Crippen molar-refractivity contribution < 1.29 is 4.79 Å². The monoisotopic (exact) mass is 372 g/mol. The molecule has 4 rings (SSSR count). The molecule has 1 aliphatic rings. The summed E-state index contributed by atoms with van der Waals surface area (Å²) in [7, 11) is 0. The summed E-state index contributed by atoms with van der Waals surface area (Å²) in [5.74, 6) is 0.816. The lowest BCUT2D eigenvalue weighted by molar-refractivity contribution is 0.102. The number of hydrogen-bond acceptors (Lipinski definition) is 4. The topological polar surface area (TPSA) is 58.1 Å². The molecule has 28 heavy (non-hydrogen) atoms. The molecule has 0 bridgehead atoms. The Kier molecular flexibility index (Phi) is 5.33. The van der Waals surface area contributed by atoms with Gasteiger partial charge < -0.3 is 10.2 Å². The van der Waals surface area contributed by atoms with Gasteiger partial charge in [-0.15, -0.1) is 10.2 Å². The Bertz CT molecular complexity index is 945. The van der Waals surface area contributed by atoms with Crippen LogP contribution in [-0.4, -0.2) is 29.2 Å². The summed E-state index contributed by atoms with van der Waals surface area (Å²) in [5, 5.41) is 11.8. The fourth-order valence-corrected chi connectivity index (χ4v) is 3.44. The SMILES string of the molecule is Cc1ccc(C(=O)Nc2cccc(-c3ccc(N4CCCCC4)nn3)c2)cc1. The van der Waals surface area contributed by atoms with E-state index in [0.717, 1.165) is 41.4 Å². The zero-order valence-electron chi connectivity index (χ0n) is 16.1. The minimum absolute atomic E-state index is 0.122. The van der Waals surface area contributed by atoms with E-state index in [0.29, 0.717) is 5.56 Å². The smallest absolute Gasteiger partial charge is 0.255 e. The van der Waals surface area contributed by atoms with E-state index in [4.69, 9.17) is 0 Å². The van der Waals surface area contributed by atoms with Crippen molar-refractivity contribution in [3.8, 4) is 11.3 Å². The molecule has 0 saturated carbocycles. The maximum Gasteiger partial charge on any atom is 0.255 e. The molecule has 1 amide bonds. The van der Waals surface area contributed by atoms with Gasteiger partial charge in [0, 0.05) is 29.9 Å². The predicted molar refractivity (Wildman–Crippen MR) is 113 cm³/mol. The summed E-state index contributed by atoms with van der Waals surface area (Å²) in [4.78, 5) is 14.7. The van der Waals surface area contributed by atoms with Crippen molar-refractivity contribution in [2.24, 2.45) is 0 Å². The summed E-state index contributed by atoms with van der Waals surface area (Å²) in [5.41, 5.74) is 4.24. The van der Waals surface area contributed by atoms with Gasteiger partial charge in [0.15, 0.2) is 5.82 Å². The fraction of sp³-hybridized carbons (Fsp3) is 0.261. The molecule has 3 aromatic rings. The summed E-state index contributed by atoms with van der Waals surface area (Å²) in [6.07, 6.45) is 3.72. The fourth-order valence-electron chi connectivity index (χ4n) is 3.44. The van der Waals surface area contributed by atoms with Crippen LogP contribution >= 0.6 is 0 Å². The third kappa shape index (κ3) is 4.19.